The summed E-state index contributed by atoms with van der Waals surface area (Å²) >= 11 is 0. The van der Waals surface area contributed by atoms with Crippen LogP contribution in [0.15, 0.2) is 58.1 Å². The number of anilines is 1. The lowest BCUT2D eigenvalue weighted by Crippen LogP contribution is -2.14. The van der Waals surface area contributed by atoms with Crippen molar-refractivity contribution in [3.05, 3.63) is 54.2 Å². The fourth-order valence-corrected chi connectivity index (χ4v) is 4.03. The quantitative estimate of drug-likeness (QED) is 0.592. The molecule has 1 N–H and O–H groups in total. The summed E-state index contributed by atoms with van der Waals surface area (Å²) in [6.07, 6.45) is 1.63. The molecule has 7 nitrogen and oxygen atoms in total. The van der Waals surface area contributed by atoms with E-state index in [-0.39, 0.29) is 10.7 Å². The number of ether oxygens (including phenoxy) is 1. The molecule has 0 aliphatic heterocycles. The molecule has 4 rings (SSSR count). The Morgan fingerprint density at radius 3 is 2.77 bits per heavy atom. The second-order valence-electron chi connectivity index (χ2n) is 5.81. The van der Waals surface area contributed by atoms with Gasteiger partial charge in [0.15, 0.2) is 11.4 Å². The van der Waals surface area contributed by atoms with Crippen molar-refractivity contribution in [1.82, 2.24) is 10.1 Å². The molecule has 0 spiro atoms. The van der Waals surface area contributed by atoms with E-state index in [1.807, 2.05) is 19.1 Å². The predicted octanol–water partition coefficient (Wildman–Crippen LogP) is 3.49. The molecule has 0 aliphatic carbocycles. The van der Waals surface area contributed by atoms with Crippen molar-refractivity contribution in [1.29, 1.82) is 0 Å². The number of aryl methyl sites for hydroxylation is 1. The van der Waals surface area contributed by atoms with E-state index in [1.165, 1.54) is 13.2 Å². The molecule has 0 fully saturated rings. The molecule has 0 saturated heterocycles. The van der Waals surface area contributed by atoms with Crippen LogP contribution in [0.2, 0.25) is 0 Å². The van der Waals surface area contributed by atoms with Crippen molar-refractivity contribution in [2.75, 3.05) is 11.8 Å². The van der Waals surface area contributed by atoms with E-state index in [1.54, 1.807) is 30.5 Å². The molecule has 2 heterocycles. The third-order valence-electron chi connectivity index (χ3n) is 4.01. The Balaban J connectivity index is 1.85. The van der Waals surface area contributed by atoms with Crippen molar-refractivity contribution in [2.45, 2.75) is 11.8 Å². The van der Waals surface area contributed by atoms with Gasteiger partial charge in [-0.1, -0.05) is 23.4 Å². The van der Waals surface area contributed by atoms with Crippen LogP contribution < -0.4 is 9.46 Å². The van der Waals surface area contributed by atoms with Crippen molar-refractivity contribution in [2.24, 2.45) is 0 Å². The monoisotopic (exact) mass is 369 g/mol. The average Bonchev–Trinajstić information content (AvgIpc) is 3.03. The Kier molecular flexibility index (Phi) is 3.77. The van der Waals surface area contributed by atoms with Crippen LogP contribution in [0.25, 0.3) is 21.9 Å². The fourth-order valence-electron chi connectivity index (χ4n) is 2.84. The standard InChI is InChI=1S/C18H15N3O4S/c1-11-9-12-5-3-8-15(17(12)19-10-11)26(22,23)21-18-16-13(24-2)6-4-7-14(16)25-20-18/h3-10H,1-2H3,(H,20,21). The van der Waals surface area contributed by atoms with E-state index in [4.69, 9.17) is 9.26 Å². The summed E-state index contributed by atoms with van der Waals surface area (Å²) < 4.78 is 38.9. The van der Waals surface area contributed by atoms with Gasteiger partial charge in [0.05, 0.1) is 12.6 Å². The maximum absolute atomic E-state index is 13.0. The van der Waals surface area contributed by atoms with Crippen LogP contribution in [-0.2, 0) is 10.0 Å². The van der Waals surface area contributed by atoms with Crippen LogP contribution in [0.1, 0.15) is 5.56 Å². The summed E-state index contributed by atoms with van der Waals surface area (Å²) in [5, 5.41) is 5.05. The third kappa shape index (κ3) is 2.64. The van der Waals surface area contributed by atoms with E-state index in [9.17, 15) is 8.42 Å². The molecule has 4 aromatic rings. The molecule has 2 aromatic heterocycles. The van der Waals surface area contributed by atoms with Crippen LogP contribution >= 0.6 is 0 Å². The topological polar surface area (TPSA) is 94.3 Å². The number of sulfonamides is 1. The molecule has 0 amide bonds. The number of benzene rings is 2. The number of nitrogens with one attached hydrogen (secondary N) is 1. The highest BCUT2D eigenvalue weighted by Crippen LogP contribution is 2.33. The first kappa shape index (κ1) is 16.3. The molecule has 0 saturated carbocycles. The summed E-state index contributed by atoms with van der Waals surface area (Å²) in [5.41, 5.74) is 1.77. The first-order chi connectivity index (χ1) is 12.5. The lowest BCUT2D eigenvalue weighted by Gasteiger charge is -2.09. The van der Waals surface area contributed by atoms with Crippen molar-refractivity contribution in [3.63, 3.8) is 0 Å². The molecule has 0 unspecified atom stereocenters. The van der Waals surface area contributed by atoms with E-state index in [2.05, 4.69) is 14.9 Å². The van der Waals surface area contributed by atoms with E-state index in [0.29, 0.717) is 22.2 Å². The normalized spacial score (nSPS) is 11.8. The minimum atomic E-state index is -3.93. The number of fused-ring (bicyclic) bond motifs is 2. The van der Waals surface area contributed by atoms with Gasteiger partial charge in [0.2, 0.25) is 0 Å². The second-order valence-corrected chi connectivity index (χ2v) is 7.46. The maximum Gasteiger partial charge on any atom is 0.265 e. The first-order valence-corrected chi connectivity index (χ1v) is 9.28. The summed E-state index contributed by atoms with van der Waals surface area (Å²) in [6, 6.07) is 12.0. The smallest absolute Gasteiger partial charge is 0.265 e. The van der Waals surface area contributed by atoms with E-state index < -0.39 is 10.0 Å². The molecular weight excluding hydrogens is 354 g/mol. The molecule has 2 aromatic carbocycles. The number of aromatic nitrogens is 2. The molecule has 132 valence electrons. The number of pyridine rings is 1. The van der Waals surface area contributed by atoms with Gasteiger partial charge in [0.1, 0.15) is 16.0 Å². The van der Waals surface area contributed by atoms with Gasteiger partial charge in [0.25, 0.3) is 10.0 Å². The predicted molar refractivity (Wildman–Crippen MR) is 97.8 cm³/mol. The third-order valence-corrected chi connectivity index (χ3v) is 5.38. The summed E-state index contributed by atoms with van der Waals surface area (Å²) in [6.45, 7) is 1.90. The molecule has 0 bridgehead atoms. The Morgan fingerprint density at radius 2 is 1.96 bits per heavy atom. The minimum absolute atomic E-state index is 0.0704. The summed E-state index contributed by atoms with van der Waals surface area (Å²) in [7, 11) is -2.43. The lowest BCUT2D eigenvalue weighted by atomic mass is 10.2. The van der Waals surface area contributed by atoms with Gasteiger partial charge in [-0.2, -0.15) is 0 Å². The minimum Gasteiger partial charge on any atom is -0.496 e. The lowest BCUT2D eigenvalue weighted by molar-refractivity contribution is 0.419. The number of para-hydroxylation sites is 1. The Bertz CT molecular complexity index is 1230. The van der Waals surface area contributed by atoms with Gasteiger partial charge in [-0.25, -0.2) is 8.42 Å². The van der Waals surface area contributed by atoms with Crippen LogP contribution in [0.5, 0.6) is 5.75 Å². The Labute approximate surface area is 149 Å². The fraction of sp³-hybridized carbons (Fsp3) is 0.111. The maximum atomic E-state index is 13.0. The summed E-state index contributed by atoms with van der Waals surface area (Å²) in [4.78, 5) is 4.36. The van der Waals surface area contributed by atoms with Crippen LogP contribution in [0, 0.1) is 6.92 Å². The zero-order valence-corrected chi connectivity index (χ0v) is 14.9. The largest absolute Gasteiger partial charge is 0.496 e. The van der Waals surface area contributed by atoms with Gasteiger partial charge < -0.3 is 9.26 Å². The van der Waals surface area contributed by atoms with Gasteiger partial charge in [-0.15, -0.1) is 0 Å². The number of hydrogen-bond acceptors (Lipinski definition) is 6. The van der Waals surface area contributed by atoms with Gasteiger partial charge in [-0.3, -0.25) is 9.71 Å². The van der Waals surface area contributed by atoms with Gasteiger partial charge in [-0.05, 0) is 36.8 Å². The average molecular weight is 369 g/mol. The van der Waals surface area contributed by atoms with Crippen molar-refractivity contribution >= 4 is 37.7 Å². The molecule has 8 heteroatoms. The number of hydrogen-bond donors (Lipinski definition) is 1. The molecule has 0 atom stereocenters. The van der Waals surface area contributed by atoms with Crippen LogP contribution in [0.3, 0.4) is 0 Å². The number of rotatable bonds is 4. The van der Waals surface area contributed by atoms with Gasteiger partial charge in [0, 0.05) is 11.6 Å². The highest BCUT2D eigenvalue weighted by molar-refractivity contribution is 7.93. The van der Waals surface area contributed by atoms with Crippen LogP contribution in [-0.4, -0.2) is 25.7 Å². The molecule has 26 heavy (non-hydrogen) atoms. The number of methoxy groups -OCH3 is 1. The molecule has 0 aliphatic rings. The molecule has 0 radical (unpaired) electrons. The van der Waals surface area contributed by atoms with Crippen molar-refractivity contribution in [3.8, 4) is 5.75 Å². The molecular formula is C18H15N3O4S. The highest BCUT2D eigenvalue weighted by Gasteiger charge is 2.23. The van der Waals surface area contributed by atoms with Crippen molar-refractivity contribution < 1.29 is 17.7 Å². The van der Waals surface area contributed by atoms with Crippen LogP contribution in [0.4, 0.5) is 5.82 Å². The zero-order valence-electron chi connectivity index (χ0n) is 14.1. The summed E-state index contributed by atoms with van der Waals surface area (Å²) in [5.74, 6) is 0.537. The second kappa shape index (κ2) is 5.99. The van der Waals surface area contributed by atoms with E-state index >= 15 is 0 Å². The number of nitrogens with zero attached hydrogens (tertiary/aromatic N) is 2. The highest BCUT2D eigenvalue weighted by atomic mass is 32.2. The van der Waals surface area contributed by atoms with E-state index in [0.717, 1.165) is 10.9 Å². The van der Waals surface area contributed by atoms with Gasteiger partial charge >= 0.3 is 0 Å². The zero-order chi connectivity index (χ0) is 18.3. The Morgan fingerprint density at radius 1 is 1.15 bits per heavy atom. The SMILES string of the molecule is COc1cccc2onc(NS(=O)(=O)c3cccc4cc(C)cnc34)c12. The first-order valence-electron chi connectivity index (χ1n) is 7.80. The Hall–Kier alpha value is -3.13.